The first-order chi connectivity index (χ1) is 27.7. The van der Waals surface area contributed by atoms with E-state index in [2.05, 4.69) is 132 Å². The van der Waals surface area contributed by atoms with Crippen LogP contribution in [0.25, 0.3) is 66.1 Å². The van der Waals surface area contributed by atoms with Gasteiger partial charge in [-0.05, 0) is 128 Å². The number of hydrogen-bond donors (Lipinski definition) is 0. The normalized spacial score (nSPS) is 13.4. The Morgan fingerprint density at radius 3 is 0.950 bits per heavy atom. The van der Waals surface area contributed by atoms with Crippen LogP contribution in [0.15, 0.2) is 103 Å². The van der Waals surface area contributed by atoms with Crippen LogP contribution in [0.3, 0.4) is 0 Å². The standard InChI is InChI=1S/C53H53F5N2/c1-49(2,3)31-13-17-43-38(23-31)39-24-32(50(4,5)6)14-18-44(39)59(43)47-28-37(30-21-35(54)27-36(55)22-30)42(53(56,57)58)29-48(47)60-45-19-15-33(51(7,8)9)25-40(45)41-26-34(52(10,11)12)16-20-46(41)60/h13-29H,1-12H3. The summed E-state index contributed by atoms with van der Waals surface area (Å²) in [5.41, 5.74) is 5.97. The first-order valence-electron chi connectivity index (χ1n) is 20.6. The maximum absolute atomic E-state index is 15.6. The summed E-state index contributed by atoms with van der Waals surface area (Å²) in [5, 5.41) is 3.76. The minimum Gasteiger partial charge on any atom is -0.307 e. The average Bonchev–Trinajstić information content (AvgIpc) is 3.63. The van der Waals surface area contributed by atoms with Gasteiger partial charge in [0.15, 0.2) is 0 Å². The molecular weight excluding hydrogens is 760 g/mol. The second-order valence-electron chi connectivity index (χ2n) is 20.6. The number of alkyl halides is 3. The minimum absolute atomic E-state index is 0.181. The van der Waals surface area contributed by atoms with Crippen molar-refractivity contribution in [1.82, 2.24) is 9.13 Å². The van der Waals surface area contributed by atoms with Crippen LogP contribution in [0.1, 0.15) is 111 Å². The van der Waals surface area contributed by atoms with Gasteiger partial charge < -0.3 is 9.13 Å². The third-order valence-electron chi connectivity index (χ3n) is 12.1. The Morgan fingerprint density at radius 2 is 0.667 bits per heavy atom. The second kappa shape index (κ2) is 13.5. The molecule has 60 heavy (non-hydrogen) atoms. The van der Waals surface area contributed by atoms with Crippen LogP contribution in [0.2, 0.25) is 0 Å². The Kier molecular flexibility index (Phi) is 9.32. The Labute approximate surface area is 349 Å². The highest BCUT2D eigenvalue weighted by molar-refractivity contribution is 6.12. The zero-order chi connectivity index (χ0) is 43.6. The van der Waals surface area contributed by atoms with E-state index in [1.165, 1.54) is 12.1 Å². The van der Waals surface area contributed by atoms with E-state index in [0.717, 1.165) is 78.0 Å². The molecule has 8 aromatic rings. The minimum atomic E-state index is -4.88. The van der Waals surface area contributed by atoms with Gasteiger partial charge in [-0.15, -0.1) is 0 Å². The first kappa shape index (κ1) is 41.3. The topological polar surface area (TPSA) is 9.86 Å². The number of nitrogens with zero attached hydrogens (tertiary/aromatic N) is 2. The Morgan fingerprint density at radius 1 is 0.367 bits per heavy atom. The summed E-state index contributed by atoms with van der Waals surface area (Å²) in [6, 6.07) is 30.4. The van der Waals surface area contributed by atoms with Crippen molar-refractivity contribution in [3.63, 3.8) is 0 Å². The van der Waals surface area contributed by atoms with Crippen LogP contribution < -0.4 is 0 Å². The Bertz CT molecular complexity index is 2860. The van der Waals surface area contributed by atoms with Crippen molar-refractivity contribution in [2.24, 2.45) is 0 Å². The maximum atomic E-state index is 15.6. The summed E-state index contributed by atoms with van der Waals surface area (Å²) in [7, 11) is 0. The van der Waals surface area contributed by atoms with Gasteiger partial charge in [0.1, 0.15) is 11.6 Å². The van der Waals surface area contributed by atoms with Crippen molar-refractivity contribution in [2.45, 2.75) is 111 Å². The summed E-state index contributed by atoms with van der Waals surface area (Å²) in [4.78, 5) is 0. The van der Waals surface area contributed by atoms with Crippen LogP contribution in [-0.4, -0.2) is 9.13 Å². The molecule has 0 atom stereocenters. The highest BCUT2D eigenvalue weighted by Gasteiger charge is 2.37. The van der Waals surface area contributed by atoms with Crippen molar-refractivity contribution in [3.05, 3.63) is 143 Å². The first-order valence-corrected chi connectivity index (χ1v) is 20.6. The van der Waals surface area contributed by atoms with Gasteiger partial charge in [0.2, 0.25) is 0 Å². The van der Waals surface area contributed by atoms with Gasteiger partial charge in [0, 0.05) is 27.6 Å². The van der Waals surface area contributed by atoms with E-state index < -0.39 is 23.4 Å². The highest BCUT2D eigenvalue weighted by atomic mass is 19.4. The lowest BCUT2D eigenvalue weighted by atomic mass is 9.85. The fourth-order valence-electron chi connectivity index (χ4n) is 8.55. The van der Waals surface area contributed by atoms with Gasteiger partial charge in [-0.1, -0.05) is 107 Å². The predicted molar refractivity (Wildman–Crippen MR) is 240 cm³/mol. The van der Waals surface area contributed by atoms with E-state index in [1.807, 2.05) is 33.4 Å². The number of halogens is 5. The molecule has 6 aromatic carbocycles. The lowest BCUT2D eigenvalue weighted by Crippen LogP contribution is -2.13. The smallest absolute Gasteiger partial charge is 0.307 e. The van der Waals surface area contributed by atoms with E-state index in [-0.39, 0.29) is 38.5 Å². The molecule has 0 saturated carbocycles. The number of rotatable bonds is 3. The van der Waals surface area contributed by atoms with Crippen molar-refractivity contribution in [3.8, 4) is 22.5 Å². The van der Waals surface area contributed by atoms with Crippen LogP contribution in [0, 0.1) is 11.6 Å². The number of hydrogen-bond acceptors (Lipinski definition) is 0. The zero-order valence-corrected chi connectivity index (χ0v) is 36.6. The highest BCUT2D eigenvalue weighted by Crippen LogP contribution is 2.47. The quantitative estimate of drug-likeness (QED) is 0.157. The van der Waals surface area contributed by atoms with Crippen molar-refractivity contribution < 1.29 is 22.0 Å². The number of aromatic nitrogens is 2. The van der Waals surface area contributed by atoms with Gasteiger partial charge in [-0.25, -0.2) is 8.78 Å². The van der Waals surface area contributed by atoms with E-state index >= 15 is 13.2 Å². The molecule has 0 aliphatic carbocycles. The van der Waals surface area contributed by atoms with Crippen molar-refractivity contribution in [1.29, 1.82) is 0 Å². The third-order valence-corrected chi connectivity index (χ3v) is 12.1. The number of fused-ring (bicyclic) bond motifs is 6. The van der Waals surface area contributed by atoms with Gasteiger partial charge in [0.25, 0.3) is 0 Å². The van der Waals surface area contributed by atoms with Crippen molar-refractivity contribution in [2.75, 3.05) is 0 Å². The molecule has 310 valence electrons. The van der Waals surface area contributed by atoms with Crippen molar-refractivity contribution >= 4 is 43.6 Å². The molecule has 0 aliphatic heterocycles. The predicted octanol–water partition coefficient (Wildman–Crippen LogP) is 16.0. The van der Waals surface area contributed by atoms with Gasteiger partial charge in [-0.2, -0.15) is 13.2 Å². The maximum Gasteiger partial charge on any atom is 0.417 e. The molecule has 7 heteroatoms. The molecule has 2 aromatic heterocycles. The molecule has 0 aliphatic rings. The molecule has 0 N–H and O–H groups in total. The van der Waals surface area contributed by atoms with Gasteiger partial charge >= 0.3 is 6.18 Å². The molecule has 0 spiro atoms. The fraction of sp³-hybridized carbons (Fsp3) is 0.321. The molecule has 0 unspecified atom stereocenters. The van der Waals surface area contributed by atoms with E-state index in [1.54, 1.807) is 0 Å². The summed E-state index contributed by atoms with van der Waals surface area (Å²) in [6.45, 7) is 25.8. The molecule has 0 fully saturated rings. The molecule has 8 rings (SSSR count). The second-order valence-corrected chi connectivity index (χ2v) is 20.6. The zero-order valence-electron chi connectivity index (χ0n) is 36.6. The summed E-state index contributed by atoms with van der Waals surface area (Å²) >= 11 is 0. The molecule has 0 amide bonds. The van der Waals surface area contributed by atoms with E-state index in [9.17, 15) is 8.78 Å². The molecule has 0 bridgehead atoms. The Balaban J connectivity index is 1.61. The molecule has 0 radical (unpaired) electrons. The van der Waals surface area contributed by atoms with Crippen LogP contribution in [-0.2, 0) is 27.8 Å². The summed E-state index contributed by atoms with van der Waals surface area (Å²) < 4.78 is 80.8. The van der Waals surface area contributed by atoms with Gasteiger partial charge in [0.05, 0.1) is 39.0 Å². The largest absolute Gasteiger partial charge is 0.417 e. The molecule has 2 heterocycles. The van der Waals surface area contributed by atoms with Crippen LogP contribution in [0.5, 0.6) is 0 Å². The van der Waals surface area contributed by atoms with E-state index in [0.29, 0.717) is 11.8 Å². The summed E-state index contributed by atoms with van der Waals surface area (Å²) in [6.07, 6.45) is -4.88. The van der Waals surface area contributed by atoms with Crippen LogP contribution in [0.4, 0.5) is 22.0 Å². The summed E-state index contributed by atoms with van der Waals surface area (Å²) in [5.74, 6) is -1.92. The lowest BCUT2D eigenvalue weighted by Gasteiger charge is -2.23. The van der Waals surface area contributed by atoms with E-state index in [4.69, 9.17) is 0 Å². The molecular formula is C53H53F5N2. The number of benzene rings is 6. The SMILES string of the molecule is CC(C)(C)c1ccc2c(c1)c1cc(C(C)(C)C)ccc1n2-c1cc(-c2cc(F)cc(F)c2)c(C(F)(F)F)cc1-n1c2ccc(C(C)(C)C)cc2c2cc(C(C)(C)C)ccc21. The lowest BCUT2D eigenvalue weighted by molar-refractivity contribution is -0.137. The molecule has 2 nitrogen and oxygen atoms in total. The monoisotopic (exact) mass is 812 g/mol. The molecule has 0 saturated heterocycles. The van der Waals surface area contributed by atoms with Crippen LogP contribution >= 0.6 is 0 Å². The fourth-order valence-corrected chi connectivity index (χ4v) is 8.55. The Hall–Kier alpha value is -5.43. The van der Waals surface area contributed by atoms with Gasteiger partial charge in [-0.3, -0.25) is 0 Å². The third kappa shape index (κ3) is 7.08. The average molecular weight is 813 g/mol.